The third-order valence-corrected chi connectivity index (χ3v) is 16.9. The number of fused-ring (bicyclic) bond motifs is 3. The van der Waals surface area contributed by atoms with Crippen molar-refractivity contribution < 1.29 is 0 Å². The van der Waals surface area contributed by atoms with E-state index >= 15 is 0 Å². The van der Waals surface area contributed by atoms with E-state index in [2.05, 4.69) is 231 Å². The maximum absolute atomic E-state index is 5.14. The molecule has 8 aromatic carbocycles. The van der Waals surface area contributed by atoms with Gasteiger partial charge in [0.25, 0.3) is 0 Å². The minimum Gasteiger partial charge on any atom is -0.208 e. The van der Waals surface area contributed by atoms with E-state index in [1.165, 1.54) is 160 Å². The molecule has 3 nitrogen and oxygen atoms in total. The summed E-state index contributed by atoms with van der Waals surface area (Å²) in [6, 6.07) is 67.4. The highest BCUT2D eigenvalue weighted by Crippen LogP contribution is 2.57. The van der Waals surface area contributed by atoms with Crippen LogP contribution in [0.2, 0.25) is 0 Å². The Kier molecular flexibility index (Phi) is 17.3. The van der Waals surface area contributed by atoms with Crippen LogP contribution in [-0.4, -0.2) is 15.0 Å². The summed E-state index contributed by atoms with van der Waals surface area (Å²) in [6.45, 7) is 18.0. The number of nitrogens with zero attached hydrogens (tertiary/aromatic N) is 3. The summed E-state index contributed by atoms with van der Waals surface area (Å²) in [6.07, 6.45) is 18.3. The first-order valence-corrected chi connectivity index (χ1v) is 30.1. The number of hydrogen-bond donors (Lipinski definition) is 0. The van der Waals surface area contributed by atoms with Gasteiger partial charge in [0.15, 0.2) is 17.5 Å². The highest BCUT2D eigenvalue weighted by molar-refractivity contribution is 5.89. The van der Waals surface area contributed by atoms with Crippen LogP contribution in [0.5, 0.6) is 0 Å². The average Bonchev–Trinajstić information content (AvgIpc) is 4.00. The van der Waals surface area contributed by atoms with Crippen LogP contribution in [0.25, 0.3) is 67.5 Å². The van der Waals surface area contributed by atoms with Gasteiger partial charge in [0.2, 0.25) is 0 Å². The summed E-state index contributed by atoms with van der Waals surface area (Å²) in [7, 11) is 0. The van der Waals surface area contributed by atoms with Gasteiger partial charge >= 0.3 is 0 Å². The zero-order chi connectivity index (χ0) is 54.9. The Hall–Kier alpha value is -7.23. The number of aromatic nitrogens is 3. The predicted octanol–water partition coefficient (Wildman–Crippen LogP) is 20.9. The zero-order valence-corrected chi connectivity index (χ0v) is 48.7. The van der Waals surface area contributed by atoms with Gasteiger partial charge in [-0.05, 0) is 142 Å². The largest absolute Gasteiger partial charge is 0.208 e. The van der Waals surface area contributed by atoms with Crippen LogP contribution in [0.3, 0.4) is 0 Å². The van der Waals surface area contributed by atoms with Gasteiger partial charge in [0.1, 0.15) is 0 Å². The smallest absolute Gasteiger partial charge is 0.164 e. The van der Waals surface area contributed by atoms with E-state index in [9.17, 15) is 0 Å². The van der Waals surface area contributed by atoms with Crippen molar-refractivity contribution in [3.8, 4) is 67.5 Å². The molecule has 402 valence electrons. The molecule has 1 aliphatic rings. The molecule has 0 fully saturated rings. The summed E-state index contributed by atoms with van der Waals surface area (Å²) < 4.78 is 0. The fourth-order valence-corrected chi connectivity index (χ4v) is 12.1. The molecule has 0 saturated carbocycles. The first kappa shape index (κ1) is 55.1. The van der Waals surface area contributed by atoms with E-state index in [4.69, 9.17) is 15.0 Å². The first-order chi connectivity index (χ1) is 38.5. The number of benzene rings is 8. The molecule has 10 rings (SSSR count). The Bertz CT molecular complexity index is 3410. The van der Waals surface area contributed by atoms with Crippen molar-refractivity contribution in [2.75, 3.05) is 0 Å². The third kappa shape index (κ3) is 12.2. The normalized spacial score (nSPS) is 12.7. The molecule has 0 spiro atoms. The van der Waals surface area contributed by atoms with E-state index in [1.54, 1.807) is 0 Å². The number of rotatable bonds is 22. The summed E-state index contributed by atoms with van der Waals surface area (Å²) in [5, 5.41) is 0. The molecule has 1 aromatic heterocycles. The second kappa shape index (κ2) is 24.8. The standard InChI is InChI=1S/C76H83N3/c1-9-12-15-18-21-55-27-41-65(42-28-55)76(66-43-29-56(30-44-66)22-19-16-13-10-2)70-50-54(5)26-47-68(70)69-49-40-62(52-71(69)76)61-39-48-67(63(51-61)23-20-17-14-11-3)57-33-35-59(36-34-57)73-77-72(58-31-24-53(4)25-32-58)78-74(79-73)60-37-45-64(46-38-60)75(6,7)8/h24-52H,9-23H2,1-8H3. The molecular formula is C76H83N3. The van der Waals surface area contributed by atoms with Crippen LogP contribution in [0.1, 0.15) is 174 Å². The monoisotopic (exact) mass is 1040 g/mol. The highest BCUT2D eigenvalue weighted by Gasteiger charge is 2.46. The van der Waals surface area contributed by atoms with Crippen molar-refractivity contribution in [3.63, 3.8) is 0 Å². The van der Waals surface area contributed by atoms with E-state index in [0.717, 1.165) is 42.4 Å². The summed E-state index contributed by atoms with van der Waals surface area (Å²) in [5.41, 5.74) is 23.6. The topological polar surface area (TPSA) is 38.7 Å². The maximum Gasteiger partial charge on any atom is 0.164 e. The summed E-state index contributed by atoms with van der Waals surface area (Å²) in [4.78, 5) is 15.3. The number of hydrogen-bond acceptors (Lipinski definition) is 3. The predicted molar refractivity (Wildman–Crippen MR) is 336 cm³/mol. The SMILES string of the molecule is CCCCCCc1ccc(C2(c3ccc(CCCCCC)cc3)c3cc(C)ccc3-c3ccc(-c4ccc(-c5ccc(-c6nc(-c7ccc(C)cc7)nc(-c7ccc(C(C)(C)C)cc7)n6)cc5)c(CCCCCC)c4)cc32)cc1. The lowest BCUT2D eigenvalue weighted by Gasteiger charge is -2.34. The molecule has 0 radical (unpaired) electrons. The molecule has 0 bridgehead atoms. The summed E-state index contributed by atoms with van der Waals surface area (Å²) >= 11 is 0. The molecule has 0 saturated heterocycles. The Balaban J connectivity index is 1.04. The highest BCUT2D eigenvalue weighted by atomic mass is 15.0. The van der Waals surface area contributed by atoms with Gasteiger partial charge in [-0.15, -0.1) is 0 Å². The number of unbranched alkanes of at least 4 members (excludes halogenated alkanes) is 9. The molecule has 1 aliphatic carbocycles. The Labute approximate surface area is 474 Å². The van der Waals surface area contributed by atoms with E-state index in [-0.39, 0.29) is 5.41 Å². The lowest BCUT2D eigenvalue weighted by atomic mass is 9.67. The van der Waals surface area contributed by atoms with Gasteiger partial charge in [0, 0.05) is 16.7 Å². The second-order valence-electron chi connectivity index (χ2n) is 23.8. The second-order valence-corrected chi connectivity index (χ2v) is 23.8. The zero-order valence-electron chi connectivity index (χ0n) is 48.7. The molecule has 79 heavy (non-hydrogen) atoms. The van der Waals surface area contributed by atoms with Gasteiger partial charge in [-0.3, -0.25) is 0 Å². The van der Waals surface area contributed by atoms with E-state index in [1.807, 2.05) is 0 Å². The van der Waals surface area contributed by atoms with Crippen LogP contribution in [0, 0.1) is 13.8 Å². The Morgan fingerprint density at radius 3 is 1.23 bits per heavy atom. The van der Waals surface area contributed by atoms with Crippen molar-refractivity contribution in [1.82, 2.24) is 15.0 Å². The van der Waals surface area contributed by atoms with E-state index < -0.39 is 5.41 Å². The molecule has 1 heterocycles. The molecular weight excluding hydrogens is 955 g/mol. The number of aryl methyl sites for hydroxylation is 5. The van der Waals surface area contributed by atoms with E-state index in [0.29, 0.717) is 17.5 Å². The van der Waals surface area contributed by atoms with Crippen LogP contribution in [-0.2, 0) is 30.1 Å². The van der Waals surface area contributed by atoms with Crippen LogP contribution in [0.15, 0.2) is 176 Å². The third-order valence-electron chi connectivity index (χ3n) is 16.9. The van der Waals surface area contributed by atoms with Gasteiger partial charge in [-0.2, -0.15) is 0 Å². The van der Waals surface area contributed by atoms with Gasteiger partial charge in [0.05, 0.1) is 5.41 Å². The fourth-order valence-electron chi connectivity index (χ4n) is 12.1. The lowest BCUT2D eigenvalue weighted by Crippen LogP contribution is -2.28. The fraction of sp³-hybridized carbons (Fsp3) is 0.329. The van der Waals surface area contributed by atoms with Gasteiger partial charge in [-0.25, -0.2) is 15.0 Å². The molecule has 0 unspecified atom stereocenters. The van der Waals surface area contributed by atoms with Crippen molar-refractivity contribution in [3.05, 3.63) is 232 Å². The minimum absolute atomic E-state index is 0.0511. The van der Waals surface area contributed by atoms with Crippen LogP contribution >= 0.6 is 0 Å². The van der Waals surface area contributed by atoms with Gasteiger partial charge < -0.3 is 0 Å². The molecule has 0 aliphatic heterocycles. The molecule has 0 amide bonds. The minimum atomic E-state index is -0.476. The lowest BCUT2D eigenvalue weighted by molar-refractivity contribution is 0.590. The Morgan fingerprint density at radius 1 is 0.342 bits per heavy atom. The van der Waals surface area contributed by atoms with Gasteiger partial charge in [-0.1, -0.05) is 280 Å². The van der Waals surface area contributed by atoms with Crippen LogP contribution < -0.4 is 0 Å². The van der Waals surface area contributed by atoms with Crippen molar-refractivity contribution in [1.29, 1.82) is 0 Å². The maximum atomic E-state index is 5.14. The van der Waals surface area contributed by atoms with Crippen LogP contribution in [0.4, 0.5) is 0 Å². The quantitative estimate of drug-likeness (QED) is 0.0635. The average molecular weight is 1040 g/mol. The molecule has 3 heteroatoms. The molecule has 0 N–H and O–H groups in total. The summed E-state index contributed by atoms with van der Waals surface area (Å²) in [5.74, 6) is 2.02. The van der Waals surface area contributed by atoms with Crippen molar-refractivity contribution >= 4 is 0 Å². The molecule has 0 atom stereocenters. The first-order valence-electron chi connectivity index (χ1n) is 30.1. The van der Waals surface area contributed by atoms with Crippen molar-refractivity contribution in [2.45, 2.75) is 163 Å². The molecule has 9 aromatic rings. The Morgan fingerprint density at radius 2 is 0.734 bits per heavy atom. The van der Waals surface area contributed by atoms with Crippen molar-refractivity contribution in [2.24, 2.45) is 0 Å².